The molecule has 0 spiro atoms. The molecule has 28 heavy (non-hydrogen) atoms. The van der Waals surface area contributed by atoms with Gasteiger partial charge >= 0.3 is 5.97 Å². The molecule has 0 bridgehead atoms. The maximum absolute atomic E-state index is 13.1. The minimum absolute atomic E-state index is 0.244. The van der Waals surface area contributed by atoms with Crippen molar-refractivity contribution in [1.82, 2.24) is 14.7 Å². The van der Waals surface area contributed by atoms with E-state index in [0.29, 0.717) is 5.56 Å². The van der Waals surface area contributed by atoms with E-state index in [1.165, 1.54) is 12.1 Å². The molecule has 0 unspecified atom stereocenters. The number of carbonyl (C=O) groups is 1. The average molecular weight is 381 g/mol. The van der Waals surface area contributed by atoms with Crippen molar-refractivity contribution in [3.05, 3.63) is 77.2 Å². The van der Waals surface area contributed by atoms with Gasteiger partial charge in [0.15, 0.2) is 0 Å². The highest BCUT2D eigenvalue weighted by atomic mass is 19.1. The van der Waals surface area contributed by atoms with Crippen LogP contribution in [0, 0.1) is 5.82 Å². The second-order valence-electron chi connectivity index (χ2n) is 6.99. The second kappa shape index (κ2) is 8.80. The molecule has 1 heterocycles. The lowest BCUT2D eigenvalue weighted by molar-refractivity contribution is 0.0697. The number of aromatic carboxylic acids is 1. The first-order chi connectivity index (χ1) is 13.4. The third kappa shape index (κ3) is 5.04. The lowest BCUT2D eigenvalue weighted by Crippen LogP contribution is -2.19. The van der Waals surface area contributed by atoms with Crippen LogP contribution in [-0.2, 0) is 20.0 Å². The fraction of sp³-hybridized carbons (Fsp3) is 0.273. The summed E-state index contributed by atoms with van der Waals surface area (Å²) < 4.78 is 14.9. The van der Waals surface area contributed by atoms with Crippen molar-refractivity contribution in [2.75, 3.05) is 13.6 Å². The van der Waals surface area contributed by atoms with Gasteiger partial charge in [-0.05, 0) is 80.0 Å². The number of hydrogen-bond donors (Lipinski definition) is 1. The smallest absolute Gasteiger partial charge is 0.335 e. The Morgan fingerprint density at radius 3 is 2.46 bits per heavy atom. The zero-order valence-electron chi connectivity index (χ0n) is 16.1. The summed E-state index contributed by atoms with van der Waals surface area (Å²) >= 11 is 0. The molecule has 3 rings (SSSR count). The van der Waals surface area contributed by atoms with Crippen molar-refractivity contribution in [3.8, 4) is 11.3 Å². The number of rotatable bonds is 8. The predicted molar refractivity (Wildman–Crippen MR) is 107 cm³/mol. The standard InChI is InChI=1S/C22H24FN3O2/c1-25(15-16-5-7-18(8-6-16)22(27)28)13-3-4-20-14-21(26(2)24-20)17-9-11-19(23)12-10-17/h5-12,14H,3-4,13,15H2,1-2H3,(H,27,28). The molecule has 0 aliphatic heterocycles. The van der Waals surface area contributed by atoms with Gasteiger partial charge in [-0.25, -0.2) is 9.18 Å². The normalized spacial score (nSPS) is 11.1. The van der Waals surface area contributed by atoms with E-state index >= 15 is 0 Å². The summed E-state index contributed by atoms with van der Waals surface area (Å²) in [6.45, 7) is 1.67. The Hall–Kier alpha value is -2.99. The molecule has 1 aromatic heterocycles. The molecule has 1 N–H and O–H groups in total. The van der Waals surface area contributed by atoms with Crippen LogP contribution in [0.1, 0.15) is 28.0 Å². The Bertz CT molecular complexity index is 933. The van der Waals surface area contributed by atoms with Crippen LogP contribution in [0.25, 0.3) is 11.3 Å². The van der Waals surface area contributed by atoms with E-state index in [2.05, 4.69) is 16.1 Å². The molecular weight excluding hydrogens is 357 g/mol. The van der Waals surface area contributed by atoms with Crippen LogP contribution >= 0.6 is 0 Å². The fourth-order valence-corrected chi connectivity index (χ4v) is 3.21. The maximum Gasteiger partial charge on any atom is 0.335 e. The minimum Gasteiger partial charge on any atom is -0.478 e. The van der Waals surface area contributed by atoms with E-state index in [9.17, 15) is 9.18 Å². The third-order valence-electron chi connectivity index (χ3n) is 4.70. The van der Waals surface area contributed by atoms with Gasteiger partial charge in [-0.3, -0.25) is 4.68 Å². The lowest BCUT2D eigenvalue weighted by Gasteiger charge is -2.16. The summed E-state index contributed by atoms with van der Waals surface area (Å²) in [6.07, 6.45) is 1.82. The van der Waals surface area contributed by atoms with E-state index < -0.39 is 5.97 Å². The molecule has 0 aliphatic rings. The molecule has 5 nitrogen and oxygen atoms in total. The number of aromatic nitrogens is 2. The Kier molecular flexibility index (Phi) is 6.21. The molecule has 0 saturated heterocycles. The van der Waals surface area contributed by atoms with Gasteiger partial charge in [0.2, 0.25) is 0 Å². The highest BCUT2D eigenvalue weighted by Crippen LogP contribution is 2.21. The van der Waals surface area contributed by atoms with Crippen LogP contribution < -0.4 is 0 Å². The molecule has 0 amide bonds. The highest BCUT2D eigenvalue weighted by Gasteiger charge is 2.09. The van der Waals surface area contributed by atoms with Gasteiger partial charge < -0.3 is 10.0 Å². The molecule has 0 saturated carbocycles. The summed E-state index contributed by atoms with van der Waals surface area (Å²) in [5, 5.41) is 13.5. The van der Waals surface area contributed by atoms with E-state index in [1.54, 1.807) is 24.3 Å². The number of carboxylic acids is 1. The number of halogens is 1. The zero-order chi connectivity index (χ0) is 20.1. The zero-order valence-corrected chi connectivity index (χ0v) is 16.1. The van der Waals surface area contributed by atoms with Crippen LogP contribution in [0.2, 0.25) is 0 Å². The van der Waals surface area contributed by atoms with E-state index in [0.717, 1.165) is 48.4 Å². The van der Waals surface area contributed by atoms with Crippen LogP contribution in [-0.4, -0.2) is 39.3 Å². The van der Waals surface area contributed by atoms with Crippen LogP contribution in [0.4, 0.5) is 4.39 Å². The first kappa shape index (κ1) is 19.8. The molecule has 0 fully saturated rings. The minimum atomic E-state index is -0.907. The van der Waals surface area contributed by atoms with Crippen LogP contribution in [0.15, 0.2) is 54.6 Å². The van der Waals surface area contributed by atoms with Crippen molar-refractivity contribution in [2.45, 2.75) is 19.4 Å². The van der Waals surface area contributed by atoms with Crippen LogP contribution in [0.3, 0.4) is 0 Å². The molecule has 0 atom stereocenters. The van der Waals surface area contributed by atoms with E-state index in [-0.39, 0.29) is 5.82 Å². The van der Waals surface area contributed by atoms with Gasteiger partial charge in [-0.2, -0.15) is 5.10 Å². The number of aryl methyl sites for hydroxylation is 2. The summed E-state index contributed by atoms with van der Waals surface area (Å²) in [4.78, 5) is 13.1. The van der Waals surface area contributed by atoms with Crippen molar-refractivity contribution < 1.29 is 14.3 Å². The van der Waals surface area contributed by atoms with Gasteiger partial charge in [0.25, 0.3) is 0 Å². The van der Waals surface area contributed by atoms with Crippen molar-refractivity contribution in [2.24, 2.45) is 7.05 Å². The topological polar surface area (TPSA) is 58.4 Å². The molecule has 0 radical (unpaired) electrons. The summed E-state index contributed by atoms with van der Waals surface area (Å²) in [7, 11) is 3.95. The lowest BCUT2D eigenvalue weighted by atomic mass is 10.1. The SMILES string of the molecule is CN(CCCc1cc(-c2ccc(F)cc2)n(C)n1)Cc1ccc(C(=O)O)cc1. The number of benzene rings is 2. The third-order valence-corrected chi connectivity index (χ3v) is 4.70. The first-order valence-electron chi connectivity index (χ1n) is 9.22. The number of carboxylic acid groups (broad SMARTS) is 1. The van der Waals surface area contributed by atoms with Gasteiger partial charge in [0.05, 0.1) is 17.0 Å². The van der Waals surface area contributed by atoms with Gasteiger partial charge in [-0.15, -0.1) is 0 Å². The number of nitrogens with zero attached hydrogens (tertiary/aromatic N) is 3. The van der Waals surface area contributed by atoms with E-state index in [4.69, 9.17) is 5.11 Å². The summed E-state index contributed by atoms with van der Waals surface area (Å²) in [5.74, 6) is -1.15. The molecule has 6 heteroatoms. The van der Waals surface area contributed by atoms with Crippen molar-refractivity contribution in [1.29, 1.82) is 0 Å². The van der Waals surface area contributed by atoms with Gasteiger partial charge in [0.1, 0.15) is 5.82 Å². The molecule has 2 aromatic carbocycles. The predicted octanol–water partition coefficient (Wildman–Crippen LogP) is 3.99. The maximum atomic E-state index is 13.1. The Balaban J connectivity index is 1.51. The summed E-state index contributed by atoms with van der Waals surface area (Å²) in [6, 6.07) is 15.5. The van der Waals surface area contributed by atoms with Crippen molar-refractivity contribution >= 4 is 5.97 Å². The monoisotopic (exact) mass is 381 g/mol. The largest absolute Gasteiger partial charge is 0.478 e. The van der Waals surface area contributed by atoms with Gasteiger partial charge in [-0.1, -0.05) is 12.1 Å². The number of hydrogen-bond acceptors (Lipinski definition) is 3. The quantitative estimate of drug-likeness (QED) is 0.641. The highest BCUT2D eigenvalue weighted by molar-refractivity contribution is 5.87. The Morgan fingerprint density at radius 2 is 1.82 bits per heavy atom. The average Bonchev–Trinajstić information content (AvgIpc) is 3.03. The van der Waals surface area contributed by atoms with Crippen molar-refractivity contribution in [3.63, 3.8) is 0 Å². The molecule has 0 aliphatic carbocycles. The molecule has 146 valence electrons. The first-order valence-corrected chi connectivity index (χ1v) is 9.22. The van der Waals surface area contributed by atoms with Gasteiger partial charge in [0, 0.05) is 13.6 Å². The molecular formula is C22H24FN3O2. The second-order valence-corrected chi connectivity index (χ2v) is 6.99. The molecule has 3 aromatic rings. The fourth-order valence-electron chi connectivity index (χ4n) is 3.21. The summed E-state index contributed by atoms with van der Waals surface area (Å²) in [5.41, 5.74) is 4.33. The van der Waals surface area contributed by atoms with E-state index in [1.807, 2.05) is 30.9 Å². The Morgan fingerprint density at radius 1 is 1.14 bits per heavy atom. The van der Waals surface area contributed by atoms with Crippen LogP contribution in [0.5, 0.6) is 0 Å². The Labute approximate surface area is 164 Å².